The van der Waals surface area contributed by atoms with Crippen molar-refractivity contribution in [1.29, 1.82) is 0 Å². The molecule has 1 amide bonds. The minimum Gasteiger partial charge on any atom is -0.332 e. The van der Waals surface area contributed by atoms with Crippen LogP contribution in [0, 0.1) is 6.42 Å². The number of amides is 1. The number of allylic oxidation sites excluding steroid dienone is 1. The molecule has 1 rings (SSSR count). The van der Waals surface area contributed by atoms with Gasteiger partial charge in [0.2, 0.25) is 5.91 Å². The summed E-state index contributed by atoms with van der Waals surface area (Å²) >= 11 is 0. The van der Waals surface area contributed by atoms with Gasteiger partial charge in [-0.1, -0.05) is 0 Å². The molecule has 1 aliphatic rings. The molecule has 0 fully saturated rings. The largest absolute Gasteiger partial charge is 0.332 e. The Labute approximate surface area is 46.4 Å². The molecule has 0 aliphatic carbocycles. The highest BCUT2D eigenvalue weighted by molar-refractivity contribution is 6.16. The summed E-state index contributed by atoms with van der Waals surface area (Å²) in [5.74, 6) is -0.855. The first-order valence-electron chi connectivity index (χ1n) is 2.07. The van der Waals surface area contributed by atoms with E-state index in [2.05, 4.69) is 5.32 Å². The van der Waals surface area contributed by atoms with Gasteiger partial charge in [-0.15, -0.1) is 0 Å². The van der Waals surface area contributed by atoms with E-state index in [0.717, 1.165) is 0 Å². The zero-order valence-electron chi connectivity index (χ0n) is 3.97. The predicted octanol–water partition coefficient (Wildman–Crippen LogP) is -0.720. The van der Waals surface area contributed by atoms with Gasteiger partial charge >= 0.3 is 0 Å². The highest BCUT2D eigenvalue weighted by Gasteiger charge is 2.10. The SMILES string of the molecule is O=C1[C]C(=O)NC=C1. The van der Waals surface area contributed by atoms with E-state index in [1.54, 1.807) is 0 Å². The average molecular weight is 109 g/mol. The molecular formula is C5H3NO2. The van der Waals surface area contributed by atoms with Gasteiger partial charge in [0.25, 0.3) is 0 Å². The summed E-state index contributed by atoms with van der Waals surface area (Å²) in [4.78, 5) is 20.4. The molecule has 1 N–H and O–H groups in total. The number of rotatable bonds is 0. The maximum atomic E-state index is 10.2. The normalized spacial score (nSPS) is 18.5. The fourth-order valence-corrected chi connectivity index (χ4v) is 0.383. The molecule has 2 radical (unpaired) electrons. The van der Waals surface area contributed by atoms with Crippen molar-refractivity contribution in [1.82, 2.24) is 5.32 Å². The third-order valence-electron chi connectivity index (χ3n) is 0.686. The molecule has 0 aromatic carbocycles. The van der Waals surface area contributed by atoms with E-state index in [9.17, 15) is 9.59 Å². The Morgan fingerprint density at radius 1 is 1.50 bits per heavy atom. The van der Waals surface area contributed by atoms with E-state index >= 15 is 0 Å². The summed E-state index contributed by atoms with van der Waals surface area (Å²) in [5.41, 5.74) is 0. The number of hydrogen-bond donors (Lipinski definition) is 1. The van der Waals surface area contributed by atoms with E-state index in [4.69, 9.17) is 0 Å². The van der Waals surface area contributed by atoms with Crippen molar-refractivity contribution in [3.8, 4) is 0 Å². The Balaban J connectivity index is 2.68. The Bertz CT molecular complexity index is 160. The summed E-state index contributed by atoms with van der Waals surface area (Å²) in [6.45, 7) is 0. The van der Waals surface area contributed by atoms with Crippen LogP contribution in [0.2, 0.25) is 0 Å². The van der Waals surface area contributed by atoms with Crippen LogP contribution in [-0.2, 0) is 9.59 Å². The lowest BCUT2D eigenvalue weighted by Crippen LogP contribution is -2.24. The van der Waals surface area contributed by atoms with E-state index < -0.39 is 5.91 Å². The van der Waals surface area contributed by atoms with Crippen molar-refractivity contribution in [3.05, 3.63) is 18.7 Å². The molecule has 40 valence electrons. The zero-order valence-corrected chi connectivity index (χ0v) is 3.97. The van der Waals surface area contributed by atoms with Crippen molar-refractivity contribution < 1.29 is 9.59 Å². The highest BCUT2D eigenvalue weighted by atomic mass is 16.2. The maximum absolute atomic E-state index is 10.2. The van der Waals surface area contributed by atoms with Gasteiger partial charge in [-0.05, 0) is 6.08 Å². The summed E-state index contributed by atoms with van der Waals surface area (Å²) in [5, 5.41) is 2.26. The molecule has 0 saturated heterocycles. The van der Waals surface area contributed by atoms with E-state index in [1.807, 2.05) is 6.42 Å². The maximum Gasteiger partial charge on any atom is 0.241 e. The van der Waals surface area contributed by atoms with E-state index in [0.29, 0.717) is 0 Å². The van der Waals surface area contributed by atoms with Crippen LogP contribution in [0.25, 0.3) is 0 Å². The van der Waals surface area contributed by atoms with Crippen LogP contribution in [-0.4, -0.2) is 11.7 Å². The van der Waals surface area contributed by atoms with Gasteiger partial charge in [-0.3, -0.25) is 9.59 Å². The molecule has 0 aromatic heterocycles. The van der Waals surface area contributed by atoms with Crippen LogP contribution in [0.4, 0.5) is 0 Å². The number of nitrogens with one attached hydrogen (secondary N) is 1. The van der Waals surface area contributed by atoms with Crippen molar-refractivity contribution in [2.45, 2.75) is 0 Å². The Kier molecular flexibility index (Phi) is 1.12. The molecule has 0 atom stereocenters. The van der Waals surface area contributed by atoms with Crippen LogP contribution >= 0.6 is 0 Å². The fourth-order valence-electron chi connectivity index (χ4n) is 0.383. The quantitative estimate of drug-likeness (QED) is 0.446. The van der Waals surface area contributed by atoms with Gasteiger partial charge in [0, 0.05) is 6.20 Å². The Morgan fingerprint density at radius 3 is 2.62 bits per heavy atom. The molecule has 1 aliphatic heterocycles. The first-order chi connectivity index (χ1) is 3.79. The second-order valence-corrected chi connectivity index (χ2v) is 1.30. The van der Waals surface area contributed by atoms with Gasteiger partial charge in [-0.25, -0.2) is 0 Å². The molecular weight excluding hydrogens is 106 g/mol. The predicted molar refractivity (Wildman–Crippen MR) is 25.5 cm³/mol. The lowest BCUT2D eigenvalue weighted by molar-refractivity contribution is -0.121. The second kappa shape index (κ2) is 1.78. The standard InChI is InChI=1S/C5H3NO2/c7-4-1-2-6-5(8)3-4/h1-2H,(H,6,8). The molecule has 8 heavy (non-hydrogen) atoms. The first-order valence-corrected chi connectivity index (χ1v) is 2.07. The van der Waals surface area contributed by atoms with Gasteiger partial charge < -0.3 is 5.32 Å². The van der Waals surface area contributed by atoms with E-state index in [-0.39, 0.29) is 5.78 Å². The average Bonchev–Trinajstić information content (AvgIpc) is 1.64. The molecule has 0 bridgehead atoms. The molecule has 3 heteroatoms. The second-order valence-electron chi connectivity index (χ2n) is 1.30. The minimum absolute atomic E-state index is 0.381. The molecule has 0 unspecified atom stereocenters. The summed E-state index contributed by atoms with van der Waals surface area (Å²) in [6.07, 6.45) is 4.53. The van der Waals surface area contributed by atoms with Crippen molar-refractivity contribution >= 4 is 11.7 Å². The van der Waals surface area contributed by atoms with Crippen molar-refractivity contribution in [2.24, 2.45) is 0 Å². The Hall–Kier alpha value is -1.12. The lowest BCUT2D eigenvalue weighted by Gasteiger charge is -1.99. The third kappa shape index (κ3) is 0.932. The monoisotopic (exact) mass is 109 g/mol. The zero-order chi connectivity index (χ0) is 5.98. The minimum atomic E-state index is -0.475. The van der Waals surface area contributed by atoms with Gasteiger partial charge in [0.15, 0.2) is 12.2 Å². The molecule has 3 nitrogen and oxygen atoms in total. The first kappa shape index (κ1) is 5.03. The van der Waals surface area contributed by atoms with Crippen molar-refractivity contribution in [2.75, 3.05) is 0 Å². The summed E-state index contributed by atoms with van der Waals surface area (Å²) < 4.78 is 0. The lowest BCUT2D eigenvalue weighted by atomic mass is 10.2. The van der Waals surface area contributed by atoms with Crippen molar-refractivity contribution in [3.63, 3.8) is 0 Å². The van der Waals surface area contributed by atoms with Crippen LogP contribution in [0.1, 0.15) is 0 Å². The fraction of sp³-hybridized carbons (Fsp3) is 0. The van der Waals surface area contributed by atoms with Crippen LogP contribution in [0.3, 0.4) is 0 Å². The third-order valence-corrected chi connectivity index (χ3v) is 0.686. The smallest absolute Gasteiger partial charge is 0.241 e. The van der Waals surface area contributed by atoms with Gasteiger partial charge in [0.05, 0.1) is 0 Å². The van der Waals surface area contributed by atoms with Crippen LogP contribution < -0.4 is 5.32 Å². The number of carbonyl (C=O) groups is 2. The van der Waals surface area contributed by atoms with E-state index in [1.165, 1.54) is 12.3 Å². The highest BCUT2D eigenvalue weighted by Crippen LogP contribution is 1.88. The molecule has 0 saturated carbocycles. The number of ketones is 1. The topological polar surface area (TPSA) is 46.2 Å². The summed E-state index contributed by atoms with van der Waals surface area (Å²) in [6, 6.07) is 0. The number of hydrogen-bond acceptors (Lipinski definition) is 2. The Morgan fingerprint density at radius 2 is 2.25 bits per heavy atom. The van der Waals surface area contributed by atoms with Gasteiger partial charge in [-0.2, -0.15) is 0 Å². The number of carbonyl (C=O) groups excluding carboxylic acids is 2. The van der Waals surface area contributed by atoms with Gasteiger partial charge in [0.1, 0.15) is 0 Å². The van der Waals surface area contributed by atoms with Crippen LogP contribution in [0.5, 0.6) is 0 Å². The molecule has 0 aromatic rings. The summed E-state index contributed by atoms with van der Waals surface area (Å²) in [7, 11) is 0. The van der Waals surface area contributed by atoms with Crippen LogP contribution in [0.15, 0.2) is 12.3 Å². The molecule has 1 heterocycles. The molecule has 0 spiro atoms.